The summed E-state index contributed by atoms with van der Waals surface area (Å²) in [4.78, 5) is 16.9. The number of carbonyl (C=O) groups excluding carboxylic acids is 1. The Hall–Kier alpha value is -2.21. The number of aromatic nitrogens is 1. The van der Waals surface area contributed by atoms with E-state index in [1.165, 1.54) is 12.1 Å². The molecule has 114 valence electrons. The van der Waals surface area contributed by atoms with Crippen molar-refractivity contribution in [3.05, 3.63) is 58.4 Å². The van der Waals surface area contributed by atoms with Crippen molar-refractivity contribution in [2.75, 3.05) is 0 Å². The summed E-state index contributed by atoms with van der Waals surface area (Å²) in [7, 11) is -3.85. The molecule has 0 saturated heterocycles. The van der Waals surface area contributed by atoms with E-state index in [1.807, 2.05) is 13.8 Å². The lowest BCUT2D eigenvalue weighted by Crippen LogP contribution is -2.31. The maximum Gasteiger partial charge on any atom is 0.270 e. The molecule has 1 amide bonds. The van der Waals surface area contributed by atoms with Crippen molar-refractivity contribution in [1.29, 1.82) is 0 Å². The molecule has 1 aliphatic heterocycles. The summed E-state index contributed by atoms with van der Waals surface area (Å²) < 4.78 is 26.3. The molecule has 1 aromatic carbocycles. The van der Waals surface area contributed by atoms with Crippen LogP contribution in [0.4, 0.5) is 0 Å². The number of fused-ring (bicyclic) bond motifs is 1. The average molecular weight is 316 g/mol. The highest BCUT2D eigenvalue weighted by Crippen LogP contribution is 2.30. The molecule has 3 rings (SSSR count). The fraction of sp³-hybridized carbons (Fsp3) is 0.250. The summed E-state index contributed by atoms with van der Waals surface area (Å²) in [6, 6.07) is 8.26. The van der Waals surface area contributed by atoms with Crippen LogP contribution in [0.5, 0.6) is 0 Å². The second-order valence-electron chi connectivity index (χ2n) is 5.51. The first kappa shape index (κ1) is 14.7. The van der Waals surface area contributed by atoms with Crippen LogP contribution in [0.3, 0.4) is 0 Å². The first-order chi connectivity index (χ1) is 10.3. The molecule has 0 N–H and O–H groups in total. The van der Waals surface area contributed by atoms with Crippen molar-refractivity contribution in [2.24, 2.45) is 0 Å². The monoisotopic (exact) mass is 316 g/mol. The number of amides is 1. The molecule has 0 saturated carbocycles. The fourth-order valence-corrected chi connectivity index (χ4v) is 4.06. The predicted octanol–water partition coefficient (Wildman–Crippen LogP) is 2.35. The smallest absolute Gasteiger partial charge is 0.268 e. The second-order valence-corrected chi connectivity index (χ2v) is 7.38. The van der Waals surface area contributed by atoms with Crippen LogP contribution in [0, 0.1) is 20.8 Å². The molecule has 0 bridgehead atoms. The quantitative estimate of drug-likeness (QED) is 0.853. The average Bonchev–Trinajstić information content (AvgIpc) is 2.77. The third kappa shape index (κ3) is 2.20. The Morgan fingerprint density at radius 1 is 1.09 bits per heavy atom. The van der Waals surface area contributed by atoms with E-state index in [0.717, 1.165) is 15.6 Å². The Morgan fingerprint density at radius 2 is 1.73 bits per heavy atom. The van der Waals surface area contributed by atoms with Gasteiger partial charge < -0.3 is 0 Å². The van der Waals surface area contributed by atoms with Crippen LogP contribution in [0.1, 0.15) is 32.9 Å². The van der Waals surface area contributed by atoms with Crippen LogP contribution < -0.4 is 0 Å². The molecule has 5 nitrogen and oxygen atoms in total. The number of sulfonamides is 1. The summed E-state index contributed by atoms with van der Waals surface area (Å²) in [5.41, 5.74) is 3.43. The van der Waals surface area contributed by atoms with E-state index in [1.54, 1.807) is 25.1 Å². The van der Waals surface area contributed by atoms with Gasteiger partial charge in [0.15, 0.2) is 0 Å². The number of pyridine rings is 1. The zero-order valence-electron chi connectivity index (χ0n) is 12.6. The molecular weight excluding hydrogens is 300 g/mol. The highest BCUT2D eigenvalue weighted by atomic mass is 32.2. The van der Waals surface area contributed by atoms with Gasteiger partial charge in [0.2, 0.25) is 0 Å². The van der Waals surface area contributed by atoms with E-state index < -0.39 is 15.9 Å². The molecule has 0 aliphatic carbocycles. The van der Waals surface area contributed by atoms with E-state index in [4.69, 9.17) is 0 Å². The van der Waals surface area contributed by atoms with E-state index in [-0.39, 0.29) is 11.4 Å². The predicted molar refractivity (Wildman–Crippen MR) is 81.9 cm³/mol. The largest absolute Gasteiger partial charge is 0.270 e. The molecule has 22 heavy (non-hydrogen) atoms. The van der Waals surface area contributed by atoms with E-state index >= 15 is 0 Å². The zero-order chi connectivity index (χ0) is 16.1. The van der Waals surface area contributed by atoms with Crippen molar-refractivity contribution < 1.29 is 13.2 Å². The number of benzene rings is 1. The highest BCUT2D eigenvalue weighted by molar-refractivity contribution is 7.89. The molecule has 0 radical (unpaired) electrons. The van der Waals surface area contributed by atoms with Gasteiger partial charge in [-0.05, 0) is 44.5 Å². The summed E-state index contributed by atoms with van der Waals surface area (Å²) in [5, 5.41) is 0. The number of carbonyl (C=O) groups is 1. The molecule has 0 fully saturated rings. The standard InChI is InChI=1S/C16H16N2O3S/c1-10-4-6-14(7-5-10)22(20,21)18-9-13-8-11(2)17-12(3)15(13)16(18)19/h4-8H,9H2,1-3H3. The van der Waals surface area contributed by atoms with Gasteiger partial charge in [0, 0.05) is 5.69 Å². The number of nitrogens with zero attached hydrogens (tertiary/aromatic N) is 2. The first-order valence-electron chi connectivity index (χ1n) is 6.91. The van der Waals surface area contributed by atoms with Gasteiger partial charge in [0.05, 0.1) is 22.7 Å². The minimum absolute atomic E-state index is 0.0641. The lowest BCUT2D eigenvalue weighted by atomic mass is 10.1. The summed E-state index contributed by atoms with van der Waals surface area (Å²) in [6.07, 6.45) is 0. The van der Waals surface area contributed by atoms with Crippen molar-refractivity contribution in [1.82, 2.24) is 9.29 Å². The second kappa shape index (κ2) is 4.91. The van der Waals surface area contributed by atoms with Crippen molar-refractivity contribution in [2.45, 2.75) is 32.2 Å². The van der Waals surface area contributed by atoms with E-state index in [0.29, 0.717) is 16.8 Å². The Kier molecular flexibility index (Phi) is 3.29. The number of aryl methyl sites for hydroxylation is 3. The lowest BCUT2D eigenvalue weighted by Gasteiger charge is -2.16. The molecule has 0 atom stereocenters. The number of hydrogen-bond donors (Lipinski definition) is 0. The molecule has 1 aliphatic rings. The Bertz CT molecular complexity index is 871. The molecule has 0 unspecified atom stereocenters. The van der Waals surface area contributed by atoms with Gasteiger partial charge >= 0.3 is 0 Å². The minimum atomic E-state index is -3.85. The topological polar surface area (TPSA) is 67.3 Å². The third-order valence-electron chi connectivity index (χ3n) is 3.77. The van der Waals surface area contributed by atoms with Gasteiger partial charge in [0.25, 0.3) is 15.9 Å². The van der Waals surface area contributed by atoms with Crippen molar-refractivity contribution >= 4 is 15.9 Å². The molecule has 6 heteroatoms. The van der Waals surface area contributed by atoms with Gasteiger partial charge in [-0.15, -0.1) is 0 Å². The Morgan fingerprint density at radius 3 is 2.36 bits per heavy atom. The van der Waals surface area contributed by atoms with Crippen molar-refractivity contribution in [3.63, 3.8) is 0 Å². The van der Waals surface area contributed by atoms with Gasteiger partial charge in [-0.2, -0.15) is 0 Å². The number of hydrogen-bond acceptors (Lipinski definition) is 4. The van der Waals surface area contributed by atoms with Gasteiger partial charge in [0.1, 0.15) is 0 Å². The molecule has 1 aromatic heterocycles. The third-order valence-corrected chi connectivity index (χ3v) is 5.52. The van der Waals surface area contributed by atoms with Crippen LogP contribution in [-0.2, 0) is 16.6 Å². The number of rotatable bonds is 2. The van der Waals surface area contributed by atoms with Gasteiger partial charge in [-0.3, -0.25) is 9.78 Å². The molecule has 0 spiro atoms. The molecule has 2 heterocycles. The van der Waals surface area contributed by atoms with Crippen LogP contribution in [0.15, 0.2) is 35.2 Å². The SMILES string of the molecule is Cc1ccc(S(=O)(=O)N2Cc3cc(C)nc(C)c3C2=O)cc1. The van der Waals surface area contributed by atoms with Gasteiger partial charge in [-0.1, -0.05) is 17.7 Å². The highest BCUT2D eigenvalue weighted by Gasteiger charge is 2.38. The Balaban J connectivity index is 2.06. The Labute approximate surface area is 129 Å². The van der Waals surface area contributed by atoms with Crippen LogP contribution in [-0.4, -0.2) is 23.6 Å². The first-order valence-corrected chi connectivity index (χ1v) is 8.35. The van der Waals surface area contributed by atoms with E-state index in [9.17, 15) is 13.2 Å². The summed E-state index contributed by atoms with van der Waals surface area (Å²) in [6.45, 7) is 5.50. The maximum absolute atomic E-state index is 12.7. The molecule has 2 aromatic rings. The summed E-state index contributed by atoms with van der Waals surface area (Å²) in [5.74, 6) is -0.499. The van der Waals surface area contributed by atoms with E-state index in [2.05, 4.69) is 4.98 Å². The van der Waals surface area contributed by atoms with Crippen LogP contribution >= 0.6 is 0 Å². The van der Waals surface area contributed by atoms with Crippen LogP contribution in [0.25, 0.3) is 0 Å². The fourth-order valence-electron chi connectivity index (χ4n) is 2.71. The van der Waals surface area contributed by atoms with Gasteiger partial charge in [-0.25, -0.2) is 12.7 Å². The minimum Gasteiger partial charge on any atom is -0.268 e. The summed E-state index contributed by atoms with van der Waals surface area (Å²) >= 11 is 0. The molecular formula is C16H16N2O3S. The van der Waals surface area contributed by atoms with Crippen molar-refractivity contribution in [3.8, 4) is 0 Å². The lowest BCUT2D eigenvalue weighted by molar-refractivity contribution is 0.0878. The zero-order valence-corrected chi connectivity index (χ0v) is 13.4. The normalized spacial score (nSPS) is 14.3. The van der Waals surface area contributed by atoms with Crippen LogP contribution in [0.2, 0.25) is 0 Å². The maximum atomic E-state index is 12.7.